The SMILES string of the molecule is COC(=O)c1cnc2c1ccc1cnc(SC)[nH]c12. The number of hydrogen-bond acceptors (Lipinski definition) is 5. The van der Waals surface area contributed by atoms with Crippen LogP contribution in [0.4, 0.5) is 0 Å². The molecule has 0 fully saturated rings. The molecule has 0 spiro atoms. The lowest BCUT2D eigenvalue weighted by Gasteiger charge is -2.03. The van der Waals surface area contributed by atoms with Gasteiger partial charge in [-0.05, 0) is 6.26 Å². The summed E-state index contributed by atoms with van der Waals surface area (Å²) < 4.78 is 4.75. The number of ether oxygens (including phenoxy) is 1. The molecule has 0 radical (unpaired) electrons. The summed E-state index contributed by atoms with van der Waals surface area (Å²) in [4.78, 5) is 23.5. The number of fused-ring (bicyclic) bond motifs is 3. The minimum absolute atomic E-state index is 0.374. The highest BCUT2D eigenvalue weighted by molar-refractivity contribution is 7.98. The van der Waals surface area contributed by atoms with Crippen LogP contribution in [-0.4, -0.2) is 34.3 Å². The third-order valence-corrected chi connectivity index (χ3v) is 3.57. The van der Waals surface area contributed by atoms with Crippen molar-refractivity contribution in [3.8, 4) is 0 Å². The van der Waals surface area contributed by atoms with Crippen LogP contribution in [-0.2, 0) is 4.74 Å². The molecule has 1 aromatic carbocycles. The number of thioether (sulfide) groups is 1. The van der Waals surface area contributed by atoms with Crippen molar-refractivity contribution in [2.24, 2.45) is 0 Å². The molecule has 0 atom stereocenters. The molecule has 6 heteroatoms. The second kappa shape index (κ2) is 4.55. The van der Waals surface area contributed by atoms with Crippen molar-refractivity contribution in [3.63, 3.8) is 0 Å². The molecule has 0 unspecified atom stereocenters. The Morgan fingerprint density at radius 3 is 2.89 bits per heavy atom. The second-order valence-corrected chi connectivity index (χ2v) is 4.78. The number of methoxy groups -OCH3 is 1. The van der Waals surface area contributed by atoms with Gasteiger partial charge in [-0.1, -0.05) is 23.9 Å². The molecule has 0 aliphatic heterocycles. The standard InChI is InChI=1S/C13H11N3O2S/c1-18-12(17)9-6-14-11-8(9)4-3-7-5-15-13(19-2)16-10(7)11/h3-6H,1-2H3,(H,15,16). The molecule has 0 saturated carbocycles. The molecule has 1 N–H and O–H groups in total. The maximum Gasteiger partial charge on any atom is 0.340 e. The summed E-state index contributed by atoms with van der Waals surface area (Å²) in [6.45, 7) is 0. The fourth-order valence-electron chi connectivity index (χ4n) is 2.04. The predicted octanol–water partition coefficient (Wildman–Crippen LogP) is 2.62. The van der Waals surface area contributed by atoms with Crippen LogP contribution in [0.25, 0.3) is 21.8 Å². The summed E-state index contributed by atoms with van der Waals surface area (Å²) in [5, 5.41) is 2.55. The smallest absolute Gasteiger partial charge is 0.340 e. The van der Waals surface area contributed by atoms with Crippen LogP contribution in [0.2, 0.25) is 0 Å². The maximum atomic E-state index is 11.7. The number of nitrogens with zero attached hydrogens (tertiary/aromatic N) is 2. The average molecular weight is 273 g/mol. The fourth-order valence-corrected chi connectivity index (χ4v) is 2.40. The highest BCUT2D eigenvalue weighted by atomic mass is 32.2. The van der Waals surface area contributed by atoms with E-state index in [1.165, 1.54) is 18.9 Å². The first-order valence-corrected chi connectivity index (χ1v) is 6.86. The zero-order valence-electron chi connectivity index (χ0n) is 10.4. The van der Waals surface area contributed by atoms with E-state index in [0.29, 0.717) is 5.56 Å². The Kier molecular flexibility index (Phi) is 2.87. The van der Waals surface area contributed by atoms with E-state index in [9.17, 15) is 4.79 Å². The fraction of sp³-hybridized carbons (Fsp3) is 0.154. The number of nitrogens with one attached hydrogen (secondary N) is 1. The number of aromatic nitrogens is 3. The first kappa shape index (κ1) is 12.0. The van der Waals surface area contributed by atoms with Gasteiger partial charge in [0.1, 0.15) is 0 Å². The van der Waals surface area contributed by atoms with E-state index in [0.717, 1.165) is 27.0 Å². The lowest BCUT2D eigenvalue weighted by Crippen LogP contribution is -1.99. The van der Waals surface area contributed by atoms with Gasteiger partial charge in [0.2, 0.25) is 0 Å². The van der Waals surface area contributed by atoms with Crippen molar-refractivity contribution >= 4 is 39.5 Å². The molecule has 3 aromatic rings. The van der Waals surface area contributed by atoms with Gasteiger partial charge in [-0.15, -0.1) is 0 Å². The van der Waals surface area contributed by atoms with E-state index in [4.69, 9.17) is 4.74 Å². The average Bonchev–Trinajstić information content (AvgIpc) is 2.90. The van der Waals surface area contributed by atoms with Crippen LogP contribution >= 0.6 is 11.8 Å². The quantitative estimate of drug-likeness (QED) is 0.441. The van der Waals surface area contributed by atoms with Crippen molar-refractivity contribution in [1.29, 1.82) is 0 Å². The number of carbonyl (C=O) groups excluding carboxylic acids is 1. The topological polar surface area (TPSA) is 67.9 Å². The van der Waals surface area contributed by atoms with E-state index in [1.807, 2.05) is 18.4 Å². The molecular weight excluding hydrogens is 262 g/mol. The Morgan fingerprint density at radius 2 is 2.16 bits per heavy atom. The molecular formula is C13H11N3O2S. The Morgan fingerprint density at radius 1 is 1.32 bits per heavy atom. The van der Waals surface area contributed by atoms with Gasteiger partial charge in [-0.3, -0.25) is 4.98 Å². The van der Waals surface area contributed by atoms with Gasteiger partial charge in [0.25, 0.3) is 0 Å². The zero-order valence-corrected chi connectivity index (χ0v) is 11.2. The van der Waals surface area contributed by atoms with Crippen molar-refractivity contribution in [1.82, 2.24) is 15.0 Å². The van der Waals surface area contributed by atoms with Crippen LogP contribution in [0.1, 0.15) is 10.4 Å². The summed E-state index contributed by atoms with van der Waals surface area (Å²) in [5.74, 6) is -0.374. The van der Waals surface area contributed by atoms with Gasteiger partial charge in [0.15, 0.2) is 5.16 Å². The van der Waals surface area contributed by atoms with Crippen molar-refractivity contribution in [3.05, 3.63) is 30.1 Å². The van der Waals surface area contributed by atoms with Crippen LogP contribution in [0, 0.1) is 0 Å². The van der Waals surface area contributed by atoms with E-state index in [-0.39, 0.29) is 5.97 Å². The number of benzene rings is 1. The predicted molar refractivity (Wildman–Crippen MR) is 74.5 cm³/mol. The largest absolute Gasteiger partial charge is 0.465 e. The van der Waals surface area contributed by atoms with E-state index in [1.54, 1.807) is 12.4 Å². The number of H-pyrrole nitrogens is 1. The van der Waals surface area contributed by atoms with Crippen molar-refractivity contribution in [2.75, 3.05) is 13.4 Å². The van der Waals surface area contributed by atoms with Gasteiger partial charge < -0.3 is 9.72 Å². The summed E-state index contributed by atoms with van der Waals surface area (Å²) in [5.41, 5.74) is 2.12. The Labute approximate surface area is 113 Å². The second-order valence-electron chi connectivity index (χ2n) is 3.98. The zero-order chi connectivity index (χ0) is 13.4. The maximum absolute atomic E-state index is 11.7. The van der Waals surface area contributed by atoms with Gasteiger partial charge in [0.05, 0.1) is 23.7 Å². The number of hydrogen-bond donors (Lipinski definition) is 1. The number of carbonyl (C=O) groups is 1. The normalized spacial score (nSPS) is 11.1. The number of esters is 1. The van der Waals surface area contributed by atoms with Crippen molar-refractivity contribution < 1.29 is 9.53 Å². The first-order chi connectivity index (χ1) is 9.24. The van der Waals surface area contributed by atoms with Crippen LogP contribution in [0.15, 0.2) is 29.7 Å². The molecule has 96 valence electrons. The Balaban J connectivity index is 2.34. The van der Waals surface area contributed by atoms with Gasteiger partial charge in [-0.25, -0.2) is 9.78 Å². The molecule has 0 amide bonds. The van der Waals surface area contributed by atoms with E-state index >= 15 is 0 Å². The van der Waals surface area contributed by atoms with Gasteiger partial charge >= 0.3 is 5.97 Å². The monoisotopic (exact) mass is 273 g/mol. The summed E-state index contributed by atoms with van der Waals surface area (Å²) in [6, 6.07) is 3.78. The minimum Gasteiger partial charge on any atom is -0.465 e. The summed E-state index contributed by atoms with van der Waals surface area (Å²) >= 11 is 1.52. The van der Waals surface area contributed by atoms with E-state index in [2.05, 4.69) is 15.0 Å². The molecule has 3 rings (SSSR count). The third kappa shape index (κ3) is 1.84. The molecule has 0 aliphatic rings. The lowest BCUT2D eigenvalue weighted by molar-refractivity contribution is 0.0603. The molecule has 2 heterocycles. The molecule has 19 heavy (non-hydrogen) atoms. The minimum atomic E-state index is -0.374. The molecule has 0 bridgehead atoms. The number of aromatic amines is 1. The number of rotatable bonds is 2. The Hall–Kier alpha value is -2.08. The highest BCUT2D eigenvalue weighted by Gasteiger charge is 2.15. The molecule has 2 aromatic heterocycles. The van der Waals surface area contributed by atoms with Crippen LogP contribution in [0.5, 0.6) is 0 Å². The van der Waals surface area contributed by atoms with Gasteiger partial charge in [0, 0.05) is 23.2 Å². The van der Waals surface area contributed by atoms with Crippen LogP contribution < -0.4 is 0 Å². The third-order valence-electron chi connectivity index (χ3n) is 2.97. The molecule has 0 saturated heterocycles. The van der Waals surface area contributed by atoms with Gasteiger partial charge in [-0.2, -0.15) is 0 Å². The summed E-state index contributed by atoms with van der Waals surface area (Å²) in [7, 11) is 1.37. The first-order valence-electron chi connectivity index (χ1n) is 5.63. The Bertz CT molecular complexity index is 782. The van der Waals surface area contributed by atoms with Crippen molar-refractivity contribution in [2.45, 2.75) is 5.16 Å². The molecule has 0 aliphatic carbocycles. The van der Waals surface area contributed by atoms with E-state index < -0.39 is 0 Å². The lowest BCUT2D eigenvalue weighted by atomic mass is 10.1. The molecule has 5 nitrogen and oxygen atoms in total. The van der Waals surface area contributed by atoms with Crippen LogP contribution in [0.3, 0.4) is 0 Å². The highest BCUT2D eigenvalue weighted by Crippen LogP contribution is 2.26. The summed E-state index contributed by atoms with van der Waals surface area (Å²) in [6.07, 6.45) is 5.29.